The second-order valence-electron chi connectivity index (χ2n) is 5.08. The number of aromatic nitrogens is 4. The van der Waals surface area contributed by atoms with Crippen molar-refractivity contribution in [1.29, 1.82) is 0 Å². The molecule has 1 aromatic carbocycles. The molecule has 0 unspecified atom stereocenters. The van der Waals surface area contributed by atoms with Crippen LogP contribution < -0.4 is 5.32 Å². The molecule has 0 aliphatic heterocycles. The van der Waals surface area contributed by atoms with Crippen molar-refractivity contribution >= 4 is 17.2 Å². The first-order valence-corrected chi connectivity index (χ1v) is 6.72. The zero-order valence-electron chi connectivity index (χ0n) is 11.8. The van der Waals surface area contributed by atoms with Gasteiger partial charge in [0.1, 0.15) is 12.0 Å². The van der Waals surface area contributed by atoms with Crippen LogP contribution in [-0.2, 0) is 0 Å². The molecule has 0 aliphatic rings. The number of benzene rings is 1. The van der Waals surface area contributed by atoms with E-state index in [-0.39, 0.29) is 5.91 Å². The first-order valence-electron chi connectivity index (χ1n) is 6.72. The maximum absolute atomic E-state index is 12.2. The molecule has 0 saturated carbocycles. The summed E-state index contributed by atoms with van der Waals surface area (Å²) in [5.41, 5.74) is 2.90. The van der Waals surface area contributed by atoms with Crippen molar-refractivity contribution in [2.45, 2.75) is 19.8 Å². The largest absolute Gasteiger partial charge is 0.321 e. The van der Waals surface area contributed by atoms with Crippen LogP contribution in [0.25, 0.3) is 5.65 Å². The molecule has 1 N–H and O–H groups in total. The van der Waals surface area contributed by atoms with Crippen LogP contribution in [0.15, 0.2) is 42.7 Å². The Kier molecular flexibility index (Phi) is 3.35. The van der Waals surface area contributed by atoms with Gasteiger partial charge in [0.05, 0.1) is 0 Å². The van der Waals surface area contributed by atoms with Gasteiger partial charge in [-0.3, -0.25) is 4.79 Å². The quantitative estimate of drug-likeness (QED) is 0.800. The summed E-state index contributed by atoms with van der Waals surface area (Å²) in [7, 11) is 0. The number of hydrogen-bond donors (Lipinski definition) is 1. The highest BCUT2D eigenvalue weighted by Gasteiger charge is 2.09. The Bertz CT molecular complexity index is 776. The molecule has 2 aromatic heterocycles. The van der Waals surface area contributed by atoms with Crippen molar-refractivity contribution in [3.63, 3.8) is 0 Å². The van der Waals surface area contributed by atoms with E-state index in [1.54, 1.807) is 12.1 Å². The number of carbonyl (C=O) groups is 1. The Labute approximate surface area is 121 Å². The molecule has 0 atom stereocenters. The molecule has 0 bridgehead atoms. The number of anilines is 1. The average Bonchev–Trinajstić information content (AvgIpc) is 2.95. The Morgan fingerprint density at radius 3 is 2.62 bits per heavy atom. The third-order valence-corrected chi connectivity index (χ3v) is 3.23. The normalized spacial score (nSPS) is 11.0. The smallest absolute Gasteiger partial charge is 0.276 e. The van der Waals surface area contributed by atoms with E-state index in [0.717, 1.165) is 5.69 Å². The maximum atomic E-state index is 12.2. The minimum atomic E-state index is -0.261. The molecule has 6 heteroatoms. The summed E-state index contributed by atoms with van der Waals surface area (Å²) in [4.78, 5) is 12.2. The molecule has 106 valence electrons. The second kappa shape index (κ2) is 5.32. The number of fused-ring (bicyclic) bond motifs is 1. The molecular formula is C15H15N5O. The molecule has 6 nitrogen and oxygen atoms in total. The summed E-state index contributed by atoms with van der Waals surface area (Å²) in [6.45, 7) is 4.26. The third-order valence-electron chi connectivity index (χ3n) is 3.23. The predicted octanol–water partition coefficient (Wildman–Crippen LogP) is 2.50. The van der Waals surface area contributed by atoms with Crippen molar-refractivity contribution < 1.29 is 4.79 Å². The van der Waals surface area contributed by atoms with E-state index < -0.39 is 0 Å². The average molecular weight is 281 g/mol. The van der Waals surface area contributed by atoms with E-state index in [0.29, 0.717) is 17.3 Å². The van der Waals surface area contributed by atoms with Gasteiger partial charge >= 0.3 is 0 Å². The Hall–Kier alpha value is -2.76. The van der Waals surface area contributed by atoms with Crippen molar-refractivity contribution in [1.82, 2.24) is 19.8 Å². The Morgan fingerprint density at radius 1 is 1.14 bits per heavy atom. The maximum Gasteiger partial charge on any atom is 0.276 e. The fourth-order valence-corrected chi connectivity index (χ4v) is 2.00. The highest BCUT2D eigenvalue weighted by atomic mass is 16.1. The van der Waals surface area contributed by atoms with Crippen LogP contribution in [0.4, 0.5) is 5.69 Å². The minimum absolute atomic E-state index is 0.261. The van der Waals surface area contributed by atoms with E-state index in [4.69, 9.17) is 0 Å². The van der Waals surface area contributed by atoms with Crippen LogP contribution in [0, 0.1) is 0 Å². The van der Waals surface area contributed by atoms with Gasteiger partial charge in [-0.1, -0.05) is 26.0 Å². The number of amides is 1. The molecule has 0 fully saturated rings. The van der Waals surface area contributed by atoms with Gasteiger partial charge in [-0.15, -0.1) is 10.2 Å². The van der Waals surface area contributed by atoms with Gasteiger partial charge in [-0.2, -0.15) is 9.61 Å². The molecule has 21 heavy (non-hydrogen) atoms. The number of hydrogen-bond acceptors (Lipinski definition) is 4. The summed E-state index contributed by atoms with van der Waals surface area (Å²) in [5.74, 6) is 0.204. The van der Waals surface area contributed by atoms with Gasteiger partial charge in [-0.05, 0) is 35.7 Å². The molecule has 3 aromatic rings. The van der Waals surface area contributed by atoms with Crippen LogP contribution >= 0.6 is 0 Å². The lowest BCUT2D eigenvalue weighted by atomic mass is 10.0. The van der Waals surface area contributed by atoms with E-state index in [1.165, 1.54) is 16.4 Å². The summed E-state index contributed by atoms with van der Waals surface area (Å²) >= 11 is 0. The van der Waals surface area contributed by atoms with Crippen molar-refractivity contribution in [3.8, 4) is 0 Å². The zero-order chi connectivity index (χ0) is 14.8. The standard InChI is InChI=1S/C15H15N5O/c1-10(2)11-3-5-12(6-4-11)17-15(21)13-7-8-14-18-16-9-20(14)19-13/h3-10H,1-2H3,(H,17,21). The van der Waals surface area contributed by atoms with E-state index in [2.05, 4.69) is 34.5 Å². The lowest BCUT2D eigenvalue weighted by Crippen LogP contribution is -2.15. The first-order chi connectivity index (χ1) is 10.1. The number of carbonyl (C=O) groups excluding carboxylic acids is 1. The number of nitrogens with one attached hydrogen (secondary N) is 1. The summed E-state index contributed by atoms with van der Waals surface area (Å²) < 4.78 is 1.47. The topological polar surface area (TPSA) is 72.2 Å². The molecule has 0 spiro atoms. The Balaban J connectivity index is 1.78. The molecule has 2 heterocycles. The lowest BCUT2D eigenvalue weighted by Gasteiger charge is -2.08. The van der Waals surface area contributed by atoms with Crippen LogP contribution in [0.1, 0.15) is 35.8 Å². The molecule has 0 saturated heterocycles. The Morgan fingerprint density at radius 2 is 1.90 bits per heavy atom. The lowest BCUT2D eigenvalue weighted by molar-refractivity contribution is 0.102. The molecule has 0 radical (unpaired) electrons. The van der Waals surface area contributed by atoms with Crippen LogP contribution in [0.2, 0.25) is 0 Å². The molecule has 0 aliphatic carbocycles. The van der Waals surface area contributed by atoms with Crippen molar-refractivity contribution in [2.75, 3.05) is 5.32 Å². The molecular weight excluding hydrogens is 266 g/mol. The van der Waals surface area contributed by atoms with Gasteiger partial charge < -0.3 is 5.32 Å². The minimum Gasteiger partial charge on any atom is -0.321 e. The summed E-state index contributed by atoms with van der Waals surface area (Å²) in [5, 5.41) is 14.6. The van der Waals surface area contributed by atoms with Crippen LogP contribution in [0.3, 0.4) is 0 Å². The fourth-order valence-electron chi connectivity index (χ4n) is 2.00. The van der Waals surface area contributed by atoms with E-state index >= 15 is 0 Å². The van der Waals surface area contributed by atoms with Gasteiger partial charge in [-0.25, -0.2) is 0 Å². The number of nitrogens with zero attached hydrogens (tertiary/aromatic N) is 4. The predicted molar refractivity (Wildman–Crippen MR) is 79.3 cm³/mol. The number of rotatable bonds is 3. The highest BCUT2D eigenvalue weighted by Crippen LogP contribution is 2.17. The third kappa shape index (κ3) is 2.74. The highest BCUT2D eigenvalue weighted by molar-refractivity contribution is 6.02. The SMILES string of the molecule is CC(C)c1ccc(NC(=O)c2ccc3nncn3n2)cc1. The van der Waals surface area contributed by atoms with E-state index in [1.807, 2.05) is 24.3 Å². The fraction of sp³-hybridized carbons (Fsp3) is 0.200. The monoisotopic (exact) mass is 281 g/mol. The van der Waals surface area contributed by atoms with Gasteiger partial charge in [0.25, 0.3) is 5.91 Å². The molecule has 1 amide bonds. The van der Waals surface area contributed by atoms with Gasteiger partial charge in [0, 0.05) is 5.69 Å². The molecule has 3 rings (SSSR count). The van der Waals surface area contributed by atoms with Gasteiger partial charge in [0.15, 0.2) is 5.65 Å². The summed E-state index contributed by atoms with van der Waals surface area (Å²) in [6.07, 6.45) is 1.46. The second-order valence-corrected chi connectivity index (χ2v) is 5.08. The van der Waals surface area contributed by atoms with Crippen LogP contribution in [0.5, 0.6) is 0 Å². The van der Waals surface area contributed by atoms with Crippen molar-refractivity contribution in [3.05, 3.63) is 54.0 Å². The van der Waals surface area contributed by atoms with Crippen molar-refractivity contribution in [2.24, 2.45) is 0 Å². The van der Waals surface area contributed by atoms with Gasteiger partial charge in [0.2, 0.25) is 0 Å². The first kappa shape index (κ1) is 13.2. The van der Waals surface area contributed by atoms with Crippen LogP contribution in [-0.4, -0.2) is 25.7 Å². The van der Waals surface area contributed by atoms with E-state index in [9.17, 15) is 4.79 Å². The zero-order valence-corrected chi connectivity index (χ0v) is 11.8. The summed E-state index contributed by atoms with van der Waals surface area (Å²) in [6, 6.07) is 11.1.